The van der Waals surface area contributed by atoms with Crippen molar-refractivity contribution in [3.05, 3.63) is 0 Å². The normalized spacial score (nSPS) is 11.3. The second kappa shape index (κ2) is 9.85. The summed E-state index contributed by atoms with van der Waals surface area (Å²) in [4.78, 5) is 22.2. The molecule has 6 heteroatoms. The van der Waals surface area contributed by atoms with Gasteiger partial charge in [-0.1, -0.05) is 0 Å². The Morgan fingerprint density at radius 1 is 1.53 bits per heavy atom. The number of carboxylic acid groups (broad SMARTS) is 1. The number of carboxylic acids is 1. The van der Waals surface area contributed by atoms with E-state index in [0.29, 0.717) is 31.6 Å². The number of carbonyl (C=O) groups is 2. The molecule has 0 fully saturated rings. The summed E-state index contributed by atoms with van der Waals surface area (Å²) in [5.74, 6) is 2.13. The van der Waals surface area contributed by atoms with Crippen molar-refractivity contribution in [1.29, 1.82) is 0 Å². The summed E-state index contributed by atoms with van der Waals surface area (Å²) < 4.78 is 0. The number of hydrogen-bond donors (Lipinski definition) is 3. The Morgan fingerprint density at radius 3 is 2.76 bits per heavy atom. The smallest absolute Gasteiger partial charge is 0.326 e. The molecule has 0 aliphatic rings. The number of hydrogen-bond acceptors (Lipinski definition) is 3. The highest BCUT2D eigenvalue weighted by molar-refractivity contribution is 7.98. The fourth-order valence-electron chi connectivity index (χ4n) is 1.09. The van der Waals surface area contributed by atoms with Crippen LogP contribution in [0.1, 0.15) is 19.3 Å². The van der Waals surface area contributed by atoms with Gasteiger partial charge in [-0.25, -0.2) is 9.59 Å². The van der Waals surface area contributed by atoms with Gasteiger partial charge in [-0.15, -0.1) is 12.3 Å². The first-order valence-corrected chi connectivity index (χ1v) is 6.70. The lowest BCUT2D eigenvalue weighted by molar-refractivity contribution is -0.139. The number of unbranched alkanes of at least 4 members (excludes halogenated alkanes) is 1. The van der Waals surface area contributed by atoms with Gasteiger partial charge in [0.05, 0.1) is 0 Å². The molecule has 0 radical (unpaired) electrons. The van der Waals surface area contributed by atoms with Crippen molar-refractivity contribution in [1.82, 2.24) is 10.6 Å². The van der Waals surface area contributed by atoms with Crippen molar-refractivity contribution in [2.24, 2.45) is 0 Å². The lowest BCUT2D eigenvalue weighted by Crippen LogP contribution is -2.46. The Bertz CT molecular complexity index is 289. The summed E-state index contributed by atoms with van der Waals surface area (Å²) in [7, 11) is 0. The zero-order valence-electron chi connectivity index (χ0n) is 9.86. The van der Waals surface area contributed by atoms with Crippen LogP contribution in [0.4, 0.5) is 4.79 Å². The lowest BCUT2D eigenvalue weighted by Gasteiger charge is -2.14. The third-order valence-corrected chi connectivity index (χ3v) is 2.64. The molecule has 0 saturated carbocycles. The fourth-order valence-corrected chi connectivity index (χ4v) is 1.57. The van der Waals surface area contributed by atoms with Crippen LogP contribution in [0.15, 0.2) is 0 Å². The molecule has 96 valence electrons. The van der Waals surface area contributed by atoms with Gasteiger partial charge in [-0.2, -0.15) is 11.8 Å². The molecule has 1 unspecified atom stereocenters. The van der Waals surface area contributed by atoms with Crippen LogP contribution < -0.4 is 10.6 Å². The first kappa shape index (κ1) is 15.7. The molecular weight excluding hydrogens is 240 g/mol. The summed E-state index contributed by atoms with van der Waals surface area (Å²) in [6.07, 6.45) is 8.64. The van der Waals surface area contributed by atoms with Gasteiger partial charge < -0.3 is 15.7 Å². The van der Waals surface area contributed by atoms with Gasteiger partial charge >= 0.3 is 12.0 Å². The molecule has 0 aliphatic carbocycles. The molecule has 2 amide bonds. The Labute approximate surface area is 106 Å². The van der Waals surface area contributed by atoms with Gasteiger partial charge in [-0.3, -0.25) is 0 Å². The number of rotatable bonds is 8. The Morgan fingerprint density at radius 2 is 2.24 bits per heavy atom. The molecular formula is C11H18N2O3S. The minimum Gasteiger partial charge on any atom is -0.480 e. The van der Waals surface area contributed by atoms with Crippen molar-refractivity contribution in [3.8, 4) is 12.3 Å². The number of amides is 2. The molecule has 0 spiro atoms. The number of urea groups is 1. The monoisotopic (exact) mass is 258 g/mol. The highest BCUT2D eigenvalue weighted by Crippen LogP contribution is 2.00. The number of carbonyl (C=O) groups excluding carboxylic acids is 1. The molecule has 0 aromatic rings. The Hall–Kier alpha value is -1.35. The standard InChI is InChI=1S/C11H18N2O3S/c1-3-4-5-7-12-11(16)13-9(10(14)15)6-8-17-2/h1,9H,4-8H2,2H3,(H,14,15)(H2,12,13,16). The highest BCUT2D eigenvalue weighted by atomic mass is 32.2. The van der Waals surface area contributed by atoms with E-state index in [4.69, 9.17) is 11.5 Å². The minimum atomic E-state index is -1.02. The van der Waals surface area contributed by atoms with Crippen molar-refractivity contribution >= 4 is 23.8 Å². The molecule has 0 saturated heterocycles. The Balaban J connectivity index is 3.88. The molecule has 0 rings (SSSR count). The largest absolute Gasteiger partial charge is 0.480 e. The van der Waals surface area contributed by atoms with Crippen LogP contribution in [0.2, 0.25) is 0 Å². The minimum absolute atomic E-state index is 0.411. The van der Waals surface area contributed by atoms with E-state index in [9.17, 15) is 9.59 Å². The van der Waals surface area contributed by atoms with Crippen LogP contribution in [0, 0.1) is 12.3 Å². The quantitative estimate of drug-likeness (QED) is 0.446. The van der Waals surface area contributed by atoms with Gasteiger partial charge in [0.25, 0.3) is 0 Å². The molecule has 17 heavy (non-hydrogen) atoms. The van der Waals surface area contributed by atoms with Gasteiger partial charge in [-0.05, 0) is 24.9 Å². The maximum Gasteiger partial charge on any atom is 0.326 e. The second-order valence-corrected chi connectivity index (χ2v) is 4.37. The first-order chi connectivity index (χ1) is 8.11. The number of thioether (sulfide) groups is 1. The summed E-state index contributed by atoms with van der Waals surface area (Å²) >= 11 is 1.54. The van der Waals surface area contributed by atoms with Crippen LogP contribution in [0.5, 0.6) is 0 Å². The van der Waals surface area contributed by atoms with Crippen LogP contribution in [-0.4, -0.2) is 41.7 Å². The predicted molar refractivity (Wildman–Crippen MR) is 69.0 cm³/mol. The number of aliphatic carboxylic acids is 1. The molecule has 0 aromatic carbocycles. The van der Waals surface area contributed by atoms with Crippen molar-refractivity contribution in [2.75, 3.05) is 18.6 Å². The van der Waals surface area contributed by atoms with Crippen LogP contribution in [0.25, 0.3) is 0 Å². The summed E-state index contributed by atoms with van der Waals surface area (Å²) in [5.41, 5.74) is 0. The van der Waals surface area contributed by atoms with E-state index >= 15 is 0 Å². The molecule has 0 heterocycles. The summed E-state index contributed by atoms with van der Waals surface area (Å²) in [6.45, 7) is 0.449. The van der Waals surface area contributed by atoms with Crippen LogP contribution >= 0.6 is 11.8 Å². The first-order valence-electron chi connectivity index (χ1n) is 5.31. The van der Waals surface area contributed by atoms with Crippen LogP contribution in [0.3, 0.4) is 0 Å². The molecule has 0 aliphatic heterocycles. The molecule has 0 aromatic heterocycles. The van der Waals surface area contributed by atoms with Crippen molar-refractivity contribution < 1.29 is 14.7 Å². The van der Waals surface area contributed by atoms with Gasteiger partial charge in [0.1, 0.15) is 6.04 Å². The van der Waals surface area contributed by atoms with E-state index in [1.54, 1.807) is 11.8 Å². The van der Waals surface area contributed by atoms with E-state index in [2.05, 4.69) is 16.6 Å². The summed E-state index contributed by atoms with van der Waals surface area (Å²) in [5, 5.41) is 13.9. The van der Waals surface area contributed by atoms with Gasteiger partial charge in [0.15, 0.2) is 0 Å². The van der Waals surface area contributed by atoms with E-state index in [0.717, 1.165) is 0 Å². The highest BCUT2D eigenvalue weighted by Gasteiger charge is 2.18. The van der Waals surface area contributed by atoms with E-state index < -0.39 is 18.0 Å². The SMILES string of the molecule is C#CCCCNC(=O)NC(CCSC)C(=O)O. The van der Waals surface area contributed by atoms with E-state index in [1.807, 2.05) is 6.26 Å². The van der Waals surface area contributed by atoms with Crippen molar-refractivity contribution in [2.45, 2.75) is 25.3 Å². The van der Waals surface area contributed by atoms with Gasteiger partial charge in [0, 0.05) is 13.0 Å². The summed E-state index contributed by atoms with van der Waals surface area (Å²) in [6, 6.07) is -1.30. The average molecular weight is 258 g/mol. The van der Waals surface area contributed by atoms with E-state index in [1.165, 1.54) is 0 Å². The Kier molecular flexibility index (Phi) is 9.06. The molecule has 3 N–H and O–H groups in total. The van der Waals surface area contributed by atoms with Gasteiger partial charge in [0.2, 0.25) is 0 Å². The number of terminal acetylenes is 1. The zero-order valence-corrected chi connectivity index (χ0v) is 10.7. The maximum absolute atomic E-state index is 11.3. The second-order valence-electron chi connectivity index (χ2n) is 3.38. The predicted octanol–water partition coefficient (Wildman–Crippen LogP) is 0.905. The molecule has 0 bridgehead atoms. The topological polar surface area (TPSA) is 78.4 Å². The van der Waals surface area contributed by atoms with Crippen LogP contribution in [-0.2, 0) is 4.79 Å². The lowest BCUT2D eigenvalue weighted by atomic mass is 10.2. The number of nitrogens with one attached hydrogen (secondary N) is 2. The average Bonchev–Trinajstić information content (AvgIpc) is 2.29. The van der Waals surface area contributed by atoms with E-state index in [-0.39, 0.29) is 0 Å². The third kappa shape index (κ3) is 8.46. The molecule has 1 atom stereocenters. The molecule has 5 nitrogen and oxygen atoms in total. The fraction of sp³-hybridized carbons (Fsp3) is 0.636. The van der Waals surface area contributed by atoms with Crippen molar-refractivity contribution in [3.63, 3.8) is 0 Å². The maximum atomic E-state index is 11.3. The third-order valence-electron chi connectivity index (χ3n) is 2.00. The zero-order chi connectivity index (χ0) is 13.1.